The summed E-state index contributed by atoms with van der Waals surface area (Å²) in [5, 5.41) is 2.13. The molecule has 0 saturated carbocycles. The second-order valence-electron chi connectivity index (χ2n) is 7.25. The Morgan fingerprint density at radius 3 is 2.27 bits per heavy atom. The zero-order valence-corrected chi connectivity index (χ0v) is 15.3. The summed E-state index contributed by atoms with van der Waals surface area (Å²) in [5.41, 5.74) is 4.44. The second kappa shape index (κ2) is 6.52. The number of H-pyrrole nitrogens is 2. The minimum absolute atomic E-state index is 0.150. The summed E-state index contributed by atoms with van der Waals surface area (Å²) in [7, 11) is 0. The highest BCUT2D eigenvalue weighted by atomic mass is 19.1. The van der Waals surface area contributed by atoms with Gasteiger partial charge in [0.05, 0.1) is 6.61 Å². The van der Waals surface area contributed by atoms with Gasteiger partial charge in [-0.05, 0) is 53.4 Å². The minimum Gasteiger partial charge on any atom is -0.493 e. The summed E-state index contributed by atoms with van der Waals surface area (Å²) >= 11 is 0. The molecule has 0 aliphatic heterocycles. The number of benzene rings is 2. The second-order valence-corrected chi connectivity index (χ2v) is 7.25. The molecule has 0 amide bonds. The van der Waals surface area contributed by atoms with E-state index in [2.05, 4.69) is 49.1 Å². The smallest absolute Gasteiger partial charge is 0.123 e. The van der Waals surface area contributed by atoms with Crippen molar-refractivity contribution in [3.63, 3.8) is 0 Å². The van der Waals surface area contributed by atoms with Gasteiger partial charge in [0.2, 0.25) is 0 Å². The van der Waals surface area contributed by atoms with Crippen molar-refractivity contribution >= 4 is 21.8 Å². The molecule has 2 aromatic heterocycles. The van der Waals surface area contributed by atoms with Crippen molar-refractivity contribution in [1.82, 2.24) is 9.97 Å². The van der Waals surface area contributed by atoms with Gasteiger partial charge in [0.15, 0.2) is 0 Å². The lowest BCUT2D eigenvalue weighted by atomic mass is 10.0. The molecule has 26 heavy (non-hydrogen) atoms. The fourth-order valence-corrected chi connectivity index (χ4v) is 3.52. The first kappa shape index (κ1) is 16.7. The van der Waals surface area contributed by atoms with E-state index in [0.717, 1.165) is 27.7 Å². The van der Waals surface area contributed by atoms with Crippen LogP contribution in [0.4, 0.5) is 4.39 Å². The highest BCUT2D eigenvalue weighted by molar-refractivity contribution is 5.85. The maximum atomic E-state index is 13.6. The number of fused-ring (bicyclic) bond motifs is 2. The Morgan fingerprint density at radius 2 is 1.54 bits per heavy atom. The van der Waals surface area contributed by atoms with Crippen molar-refractivity contribution in [3.8, 4) is 5.75 Å². The third-order valence-electron chi connectivity index (χ3n) is 5.01. The molecule has 2 aromatic carbocycles. The fraction of sp³-hybridized carbons (Fsp3) is 0.273. The number of aromatic amines is 2. The number of hydrogen-bond donors (Lipinski definition) is 2. The molecule has 4 aromatic rings. The van der Waals surface area contributed by atoms with Gasteiger partial charge >= 0.3 is 0 Å². The van der Waals surface area contributed by atoms with Crippen LogP contribution in [-0.2, 0) is 0 Å². The highest BCUT2D eigenvalue weighted by Gasteiger charge is 2.14. The molecule has 0 fully saturated rings. The number of ether oxygens (including phenoxy) is 1. The number of halogens is 1. The van der Waals surface area contributed by atoms with Crippen LogP contribution in [0, 0.1) is 5.82 Å². The topological polar surface area (TPSA) is 40.8 Å². The molecule has 4 rings (SSSR count). The van der Waals surface area contributed by atoms with Crippen molar-refractivity contribution < 1.29 is 9.13 Å². The van der Waals surface area contributed by atoms with E-state index in [9.17, 15) is 4.39 Å². The number of hydrogen-bond acceptors (Lipinski definition) is 1. The van der Waals surface area contributed by atoms with Gasteiger partial charge in [-0.15, -0.1) is 0 Å². The highest BCUT2D eigenvalue weighted by Crippen LogP contribution is 2.30. The summed E-state index contributed by atoms with van der Waals surface area (Å²) in [5.74, 6) is 1.25. The van der Waals surface area contributed by atoms with Crippen LogP contribution in [0.15, 0.2) is 48.8 Å². The maximum Gasteiger partial charge on any atom is 0.123 e. The molecule has 3 nitrogen and oxygen atoms in total. The van der Waals surface area contributed by atoms with Crippen molar-refractivity contribution in [3.05, 3.63) is 65.7 Å². The van der Waals surface area contributed by atoms with E-state index in [1.807, 2.05) is 12.3 Å². The van der Waals surface area contributed by atoms with Gasteiger partial charge in [-0.2, -0.15) is 0 Å². The van der Waals surface area contributed by atoms with Crippen LogP contribution in [0.5, 0.6) is 5.75 Å². The number of nitrogens with one attached hydrogen (secondary N) is 2. The van der Waals surface area contributed by atoms with E-state index >= 15 is 0 Å². The first-order valence-corrected chi connectivity index (χ1v) is 9.03. The van der Waals surface area contributed by atoms with Crippen molar-refractivity contribution in [1.29, 1.82) is 0 Å². The Morgan fingerprint density at radius 1 is 0.885 bits per heavy atom. The first-order valence-electron chi connectivity index (χ1n) is 9.03. The Labute approximate surface area is 152 Å². The average molecular weight is 350 g/mol. The van der Waals surface area contributed by atoms with E-state index in [1.54, 1.807) is 12.1 Å². The Kier molecular flexibility index (Phi) is 4.19. The molecule has 0 bridgehead atoms. The van der Waals surface area contributed by atoms with Gasteiger partial charge in [-0.1, -0.05) is 20.8 Å². The molecule has 0 aliphatic carbocycles. The summed E-state index contributed by atoms with van der Waals surface area (Å²) < 4.78 is 19.6. The van der Waals surface area contributed by atoms with Crippen LogP contribution in [0.25, 0.3) is 21.8 Å². The van der Waals surface area contributed by atoms with Gasteiger partial charge < -0.3 is 14.7 Å². The molecule has 0 radical (unpaired) electrons. The van der Waals surface area contributed by atoms with E-state index in [0.29, 0.717) is 12.5 Å². The predicted octanol–water partition coefficient (Wildman–Crippen LogP) is 6.09. The van der Waals surface area contributed by atoms with Crippen LogP contribution in [0.3, 0.4) is 0 Å². The fourth-order valence-electron chi connectivity index (χ4n) is 3.52. The summed E-state index contributed by atoms with van der Waals surface area (Å²) in [4.78, 5) is 6.52. The van der Waals surface area contributed by atoms with Crippen molar-refractivity contribution in [2.75, 3.05) is 6.61 Å². The SMILES string of the molecule is CC(C)c1c[nH]c2ccc(OCC(C)c3c[nH]c4ccc(F)cc34)cc12. The molecule has 0 spiro atoms. The van der Waals surface area contributed by atoms with Gasteiger partial charge in [-0.25, -0.2) is 4.39 Å². The van der Waals surface area contributed by atoms with E-state index in [1.165, 1.54) is 17.0 Å². The maximum absolute atomic E-state index is 13.6. The lowest BCUT2D eigenvalue weighted by Gasteiger charge is -2.13. The zero-order chi connectivity index (χ0) is 18.3. The standard InChI is InChI=1S/C22H23FN2O/c1-13(2)19-10-24-22-7-5-16(9-18(19)22)26-12-14(3)20-11-25-21-6-4-15(23)8-17(20)21/h4-11,13-14,24-25H,12H2,1-3H3. The van der Waals surface area contributed by atoms with Gasteiger partial charge in [0.1, 0.15) is 11.6 Å². The van der Waals surface area contributed by atoms with Crippen LogP contribution in [0.2, 0.25) is 0 Å². The molecule has 2 N–H and O–H groups in total. The van der Waals surface area contributed by atoms with Crippen molar-refractivity contribution in [2.24, 2.45) is 0 Å². The number of rotatable bonds is 5. The third kappa shape index (κ3) is 2.96. The normalized spacial score (nSPS) is 13.0. The Bertz CT molecular complexity index is 1060. The van der Waals surface area contributed by atoms with Crippen LogP contribution < -0.4 is 4.74 Å². The van der Waals surface area contributed by atoms with E-state index < -0.39 is 0 Å². The molecular formula is C22H23FN2O. The van der Waals surface area contributed by atoms with Crippen LogP contribution in [-0.4, -0.2) is 16.6 Å². The quantitative estimate of drug-likeness (QED) is 0.449. The summed E-state index contributed by atoms with van der Waals surface area (Å²) in [6, 6.07) is 11.0. The third-order valence-corrected chi connectivity index (χ3v) is 5.01. The molecular weight excluding hydrogens is 327 g/mol. The molecule has 1 atom stereocenters. The lowest BCUT2D eigenvalue weighted by Crippen LogP contribution is -2.06. The first-order chi connectivity index (χ1) is 12.5. The van der Waals surface area contributed by atoms with Gasteiger partial charge in [0, 0.05) is 40.1 Å². The molecule has 0 saturated heterocycles. The van der Waals surface area contributed by atoms with Crippen LogP contribution >= 0.6 is 0 Å². The van der Waals surface area contributed by atoms with Gasteiger partial charge in [-0.3, -0.25) is 0 Å². The molecule has 0 aliphatic rings. The minimum atomic E-state index is -0.217. The van der Waals surface area contributed by atoms with Crippen molar-refractivity contribution in [2.45, 2.75) is 32.6 Å². The predicted molar refractivity (Wildman–Crippen MR) is 105 cm³/mol. The van der Waals surface area contributed by atoms with Gasteiger partial charge in [0.25, 0.3) is 0 Å². The van der Waals surface area contributed by atoms with Crippen LogP contribution in [0.1, 0.15) is 43.7 Å². The summed E-state index contributed by atoms with van der Waals surface area (Å²) in [6.45, 7) is 7.01. The lowest BCUT2D eigenvalue weighted by molar-refractivity contribution is 0.297. The molecule has 134 valence electrons. The largest absolute Gasteiger partial charge is 0.493 e. The Hall–Kier alpha value is -2.75. The molecule has 1 unspecified atom stereocenters. The van der Waals surface area contributed by atoms with E-state index in [-0.39, 0.29) is 11.7 Å². The molecule has 4 heteroatoms. The Balaban J connectivity index is 1.55. The monoisotopic (exact) mass is 350 g/mol. The molecule has 2 heterocycles. The zero-order valence-electron chi connectivity index (χ0n) is 15.3. The average Bonchev–Trinajstić information content (AvgIpc) is 3.22. The number of aromatic nitrogens is 2. The summed E-state index contributed by atoms with van der Waals surface area (Å²) in [6.07, 6.45) is 4.02. The van der Waals surface area contributed by atoms with E-state index in [4.69, 9.17) is 4.74 Å².